The van der Waals surface area contributed by atoms with Crippen molar-refractivity contribution in [3.8, 4) is 0 Å². The fourth-order valence-corrected chi connectivity index (χ4v) is 3.15. The number of rotatable bonds is 2. The molecule has 102 valence electrons. The molecule has 1 atom stereocenters. The third-order valence-corrected chi connectivity index (χ3v) is 4.49. The maximum Gasteiger partial charge on any atom is 0.325 e. The number of hydrogen-bond donors (Lipinski definition) is 2. The number of amides is 2. The van der Waals surface area contributed by atoms with Crippen molar-refractivity contribution in [3.05, 3.63) is 0 Å². The molecule has 2 aliphatic rings. The third kappa shape index (κ3) is 2.76. The topological polar surface area (TPSA) is 69.6 Å². The third-order valence-electron chi connectivity index (χ3n) is 4.49. The van der Waals surface area contributed by atoms with E-state index in [0.29, 0.717) is 5.41 Å². The second-order valence-corrected chi connectivity index (χ2v) is 5.70. The van der Waals surface area contributed by atoms with Gasteiger partial charge in [-0.05, 0) is 38.0 Å². The number of nitrogens with zero attached hydrogens (tertiary/aromatic N) is 1. The first-order valence-corrected chi connectivity index (χ1v) is 6.81. The maximum atomic E-state index is 11.9. The Hall–Kier alpha value is -1.26. The van der Waals surface area contributed by atoms with Crippen LogP contribution in [0.25, 0.3) is 0 Å². The van der Waals surface area contributed by atoms with Crippen LogP contribution in [0.1, 0.15) is 45.4 Å². The molecule has 5 nitrogen and oxygen atoms in total. The number of piperidine rings is 1. The Bertz CT molecular complexity index is 327. The van der Waals surface area contributed by atoms with Gasteiger partial charge in [-0.2, -0.15) is 0 Å². The molecular formula is C13H22N2O3. The Labute approximate surface area is 108 Å². The number of hydrogen-bond acceptors (Lipinski definition) is 2. The zero-order valence-electron chi connectivity index (χ0n) is 10.9. The van der Waals surface area contributed by atoms with Gasteiger partial charge in [0.05, 0.1) is 0 Å². The summed E-state index contributed by atoms with van der Waals surface area (Å²) < 4.78 is 0. The van der Waals surface area contributed by atoms with E-state index in [1.54, 1.807) is 4.90 Å². The van der Waals surface area contributed by atoms with Crippen molar-refractivity contribution in [2.75, 3.05) is 13.1 Å². The van der Waals surface area contributed by atoms with Gasteiger partial charge in [0.1, 0.15) is 6.04 Å². The lowest BCUT2D eigenvalue weighted by molar-refractivity contribution is -0.138. The fourth-order valence-electron chi connectivity index (χ4n) is 3.15. The first-order valence-electron chi connectivity index (χ1n) is 6.81. The Morgan fingerprint density at radius 3 is 2.22 bits per heavy atom. The number of urea groups is 1. The minimum atomic E-state index is -0.993. The molecule has 1 aliphatic carbocycles. The lowest BCUT2D eigenvalue weighted by Crippen LogP contribution is -2.50. The molecule has 18 heavy (non-hydrogen) atoms. The standard InChI is InChI=1S/C13H22N2O3/c1-10(11(16)17)14-12(18)15-8-6-13(7-9-15)4-2-3-5-13/h10H,2-9H2,1H3,(H,14,18)(H,16,17). The number of carbonyl (C=O) groups excluding carboxylic acids is 1. The largest absolute Gasteiger partial charge is 0.480 e. The van der Waals surface area contributed by atoms with Gasteiger partial charge in [0, 0.05) is 13.1 Å². The number of carboxylic acids is 1. The average molecular weight is 254 g/mol. The van der Waals surface area contributed by atoms with Crippen LogP contribution in [0.5, 0.6) is 0 Å². The van der Waals surface area contributed by atoms with E-state index in [0.717, 1.165) is 25.9 Å². The van der Waals surface area contributed by atoms with Crippen LogP contribution in [0.2, 0.25) is 0 Å². The summed E-state index contributed by atoms with van der Waals surface area (Å²) in [5, 5.41) is 11.3. The van der Waals surface area contributed by atoms with Crippen LogP contribution in [0.15, 0.2) is 0 Å². The van der Waals surface area contributed by atoms with E-state index >= 15 is 0 Å². The van der Waals surface area contributed by atoms with Gasteiger partial charge in [-0.3, -0.25) is 4.79 Å². The molecule has 0 aromatic heterocycles. The van der Waals surface area contributed by atoms with Crippen LogP contribution >= 0.6 is 0 Å². The van der Waals surface area contributed by atoms with Gasteiger partial charge in [-0.25, -0.2) is 4.79 Å². The second-order valence-electron chi connectivity index (χ2n) is 5.70. The van der Waals surface area contributed by atoms with Crippen molar-refractivity contribution in [1.82, 2.24) is 10.2 Å². The zero-order valence-corrected chi connectivity index (χ0v) is 10.9. The Kier molecular flexibility index (Phi) is 3.78. The van der Waals surface area contributed by atoms with Crippen molar-refractivity contribution in [1.29, 1.82) is 0 Å². The molecule has 1 heterocycles. The Morgan fingerprint density at radius 1 is 1.17 bits per heavy atom. The van der Waals surface area contributed by atoms with Gasteiger partial charge in [-0.15, -0.1) is 0 Å². The van der Waals surface area contributed by atoms with Gasteiger partial charge < -0.3 is 15.3 Å². The lowest BCUT2D eigenvalue weighted by Gasteiger charge is -2.39. The molecule has 1 spiro atoms. The molecule has 0 radical (unpaired) electrons. The van der Waals surface area contributed by atoms with E-state index in [9.17, 15) is 9.59 Å². The van der Waals surface area contributed by atoms with E-state index in [2.05, 4.69) is 5.32 Å². The fraction of sp³-hybridized carbons (Fsp3) is 0.846. The van der Waals surface area contributed by atoms with E-state index in [1.807, 2.05) is 0 Å². The highest BCUT2D eigenvalue weighted by Crippen LogP contribution is 2.46. The number of carbonyl (C=O) groups is 2. The molecule has 0 aromatic carbocycles. The van der Waals surface area contributed by atoms with Crippen molar-refractivity contribution < 1.29 is 14.7 Å². The summed E-state index contributed by atoms with van der Waals surface area (Å²) >= 11 is 0. The number of aliphatic carboxylic acids is 1. The Morgan fingerprint density at radius 2 is 1.72 bits per heavy atom. The lowest BCUT2D eigenvalue weighted by atomic mass is 9.77. The molecule has 1 aliphatic heterocycles. The van der Waals surface area contributed by atoms with Crippen LogP contribution in [-0.4, -0.2) is 41.1 Å². The first kappa shape index (κ1) is 13.2. The molecule has 1 unspecified atom stereocenters. The van der Waals surface area contributed by atoms with Crippen LogP contribution < -0.4 is 5.32 Å². The predicted molar refractivity (Wildman–Crippen MR) is 67.3 cm³/mol. The van der Waals surface area contributed by atoms with Crippen LogP contribution in [0.3, 0.4) is 0 Å². The van der Waals surface area contributed by atoms with E-state index in [-0.39, 0.29) is 6.03 Å². The highest BCUT2D eigenvalue weighted by Gasteiger charge is 2.38. The van der Waals surface area contributed by atoms with Crippen molar-refractivity contribution in [2.45, 2.75) is 51.5 Å². The van der Waals surface area contributed by atoms with Crippen molar-refractivity contribution in [2.24, 2.45) is 5.41 Å². The molecule has 2 amide bonds. The molecule has 2 rings (SSSR count). The highest BCUT2D eigenvalue weighted by atomic mass is 16.4. The van der Waals surface area contributed by atoms with Crippen LogP contribution in [0, 0.1) is 5.41 Å². The summed E-state index contributed by atoms with van der Waals surface area (Å²) in [4.78, 5) is 24.3. The molecular weight excluding hydrogens is 232 g/mol. The zero-order chi connectivity index (χ0) is 13.2. The number of nitrogens with one attached hydrogen (secondary N) is 1. The van der Waals surface area contributed by atoms with Crippen molar-refractivity contribution >= 4 is 12.0 Å². The smallest absolute Gasteiger partial charge is 0.325 e. The molecule has 5 heteroatoms. The van der Waals surface area contributed by atoms with Gasteiger partial charge in [0.2, 0.25) is 0 Å². The van der Waals surface area contributed by atoms with Gasteiger partial charge in [0.15, 0.2) is 0 Å². The summed E-state index contributed by atoms with van der Waals surface area (Å²) in [7, 11) is 0. The predicted octanol–water partition coefficient (Wildman–Crippen LogP) is 1.83. The van der Waals surface area contributed by atoms with E-state index < -0.39 is 12.0 Å². The van der Waals surface area contributed by atoms with Crippen LogP contribution in [0.4, 0.5) is 4.79 Å². The SMILES string of the molecule is CC(NC(=O)N1CCC2(CCCC2)CC1)C(=O)O. The molecule has 1 saturated carbocycles. The molecule has 2 fully saturated rings. The summed E-state index contributed by atoms with van der Waals surface area (Å²) in [6, 6.07) is -1.06. The number of carboxylic acid groups (broad SMARTS) is 1. The molecule has 0 aromatic rings. The van der Waals surface area contributed by atoms with Gasteiger partial charge in [-0.1, -0.05) is 12.8 Å². The Balaban J connectivity index is 1.82. The molecule has 2 N–H and O–H groups in total. The van der Waals surface area contributed by atoms with E-state index in [1.165, 1.54) is 32.6 Å². The maximum absolute atomic E-state index is 11.9. The summed E-state index contributed by atoms with van der Waals surface area (Å²) in [6.45, 7) is 3.01. The second kappa shape index (κ2) is 5.16. The molecule has 0 bridgehead atoms. The first-order chi connectivity index (χ1) is 8.52. The summed E-state index contributed by atoms with van der Waals surface area (Å²) in [5.41, 5.74) is 0.481. The quantitative estimate of drug-likeness (QED) is 0.789. The van der Waals surface area contributed by atoms with Crippen molar-refractivity contribution in [3.63, 3.8) is 0 Å². The normalized spacial score (nSPS) is 23.9. The highest BCUT2D eigenvalue weighted by molar-refractivity contribution is 5.82. The molecule has 1 saturated heterocycles. The minimum Gasteiger partial charge on any atom is -0.480 e. The summed E-state index contributed by atoms with van der Waals surface area (Å²) in [6.07, 6.45) is 7.39. The average Bonchev–Trinajstić information content (AvgIpc) is 2.78. The minimum absolute atomic E-state index is 0.238. The van der Waals surface area contributed by atoms with Gasteiger partial charge >= 0.3 is 12.0 Å². The number of likely N-dealkylation sites (tertiary alicyclic amines) is 1. The van der Waals surface area contributed by atoms with Crippen LogP contribution in [-0.2, 0) is 4.79 Å². The monoisotopic (exact) mass is 254 g/mol. The summed E-state index contributed by atoms with van der Waals surface area (Å²) in [5.74, 6) is -0.993. The van der Waals surface area contributed by atoms with Gasteiger partial charge in [0.25, 0.3) is 0 Å². The van der Waals surface area contributed by atoms with E-state index in [4.69, 9.17) is 5.11 Å².